The smallest absolute Gasteiger partial charge is 0.254 e. The lowest BCUT2D eigenvalue weighted by molar-refractivity contribution is 0.0767. The Balaban J connectivity index is 1.73. The second-order valence-corrected chi connectivity index (χ2v) is 7.95. The van der Waals surface area contributed by atoms with Crippen LogP contribution in [-0.4, -0.2) is 63.7 Å². The number of aryl methyl sites for hydroxylation is 3. The molecule has 4 heterocycles. The highest BCUT2D eigenvalue weighted by Crippen LogP contribution is 2.42. The van der Waals surface area contributed by atoms with E-state index in [-0.39, 0.29) is 11.3 Å². The minimum absolute atomic E-state index is 0.125. The number of rotatable bonds is 1. The minimum Gasteiger partial charge on any atom is -0.338 e. The van der Waals surface area contributed by atoms with Gasteiger partial charge in [0.05, 0.1) is 16.6 Å². The first-order valence-electron chi connectivity index (χ1n) is 8.57. The predicted octanol–water partition coefficient (Wildman–Crippen LogP) is 1.61. The van der Waals surface area contributed by atoms with Crippen LogP contribution in [0.4, 0.5) is 0 Å². The van der Waals surface area contributed by atoms with E-state index in [1.54, 1.807) is 4.68 Å². The van der Waals surface area contributed by atoms with Crippen LogP contribution < -0.4 is 0 Å². The van der Waals surface area contributed by atoms with Crippen molar-refractivity contribution in [3.63, 3.8) is 0 Å². The standard InChI is InChI=1S/C18H25N5O/c1-11-6-14(15-12(2)20-22(5)16(15)19-11)17(24)23-8-13-7-21(4)9-18(13,3)10-23/h6,13H,7-10H2,1-5H3/t13-,18+/m1/s1. The Hall–Kier alpha value is -1.95. The Bertz CT molecular complexity index is 842. The summed E-state index contributed by atoms with van der Waals surface area (Å²) < 4.78 is 1.77. The number of hydrogen-bond acceptors (Lipinski definition) is 4. The van der Waals surface area contributed by atoms with Crippen LogP contribution in [0.25, 0.3) is 11.0 Å². The topological polar surface area (TPSA) is 54.3 Å². The zero-order valence-electron chi connectivity index (χ0n) is 15.1. The molecular formula is C18H25N5O. The van der Waals surface area contributed by atoms with Gasteiger partial charge in [-0.25, -0.2) is 4.98 Å². The highest BCUT2D eigenvalue weighted by Gasteiger charge is 2.49. The third kappa shape index (κ3) is 2.16. The Kier molecular flexibility index (Phi) is 3.26. The van der Waals surface area contributed by atoms with Crippen LogP contribution in [0.1, 0.15) is 28.7 Å². The maximum Gasteiger partial charge on any atom is 0.254 e. The fourth-order valence-corrected chi connectivity index (χ4v) is 4.69. The molecule has 0 bridgehead atoms. The lowest BCUT2D eigenvalue weighted by Gasteiger charge is -2.24. The summed E-state index contributed by atoms with van der Waals surface area (Å²) in [5.41, 5.74) is 3.49. The molecule has 0 saturated carbocycles. The molecule has 128 valence electrons. The molecule has 4 rings (SSSR count). The Morgan fingerprint density at radius 3 is 2.71 bits per heavy atom. The number of likely N-dealkylation sites (tertiary alicyclic amines) is 2. The molecule has 2 aromatic rings. The number of carbonyl (C=O) groups is 1. The molecule has 0 radical (unpaired) electrons. The number of pyridine rings is 1. The van der Waals surface area contributed by atoms with Crippen LogP contribution in [-0.2, 0) is 7.05 Å². The van der Waals surface area contributed by atoms with E-state index in [9.17, 15) is 4.79 Å². The largest absolute Gasteiger partial charge is 0.338 e. The van der Waals surface area contributed by atoms with Gasteiger partial charge in [-0.3, -0.25) is 9.48 Å². The minimum atomic E-state index is 0.125. The Labute approximate surface area is 142 Å². The van der Waals surface area contributed by atoms with Crippen molar-refractivity contribution in [1.82, 2.24) is 24.6 Å². The van der Waals surface area contributed by atoms with Crippen LogP contribution in [0.5, 0.6) is 0 Å². The lowest BCUT2D eigenvalue weighted by atomic mass is 9.83. The summed E-state index contributed by atoms with van der Waals surface area (Å²) >= 11 is 0. The number of carbonyl (C=O) groups excluding carboxylic acids is 1. The average Bonchev–Trinajstić information content (AvgIpc) is 3.05. The molecule has 6 heteroatoms. The van der Waals surface area contributed by atoms with Gasteiger partial charge >= 0.3 is 0 Å². The second-order valence-electron chi connectivity index (χ2n) is 7.95. The molecule has 0 N–H and O–H groups in total. The van der Waals surface area contributed by atoms with Crippen LogP contribution in [0.2, 0.25) is 0 Å². The third-order valence-corrected chi connectivity index (χ3v) is 5.76. The highest BCUT2D eigenvalue weighted by atomic mass is 16.2. The summed E-state index contributed by atoms with van der Waals surface area (Å²) in [6.07, 6.45) is 0. The van der Waals surface area contributed by atoms with E-state index in [1.165, 1.54) is 0 Å². The number of hydrogen-bond donors (Lipinski definition) is 0. The van der Waals surface area contributed by atoms with E-state index >= 15 is 0 Å². The molecule has 0 unspecified atom stereocenters. The van der Waals surface area contributed by atoms with Crippen LogP contribution >= 0.6 is 0 Å². The van der Waals surface area contributed by atoms with Crippen LogP contribution in [0.15, 0.2) is 6.07 Å². The Morgan fingerprint density at radius 2 is 2.00 bits per heavy atom. The maximum absolute atomic E-state index is 13.3. The van der Waals surface area contributed by atoms with Gasteiger partial charge in [0, 0.05) is 44.3 Å². The molecule has 2 saturated heterocycles. The summed E-state index contributed by atoms with van der Waals surface area (Å²) in [7, 11) is 4.05. The van der Waals surface area contributed by atoms with E-state index in [1.807, 2.05) is 31.9 Å². The first-order chi connectivity index (χ1) is 11.3. The number of aromatic nitrogens is 3. The van der Waals surface area contributed by atoms with Crippen molar-refractivity contribution in [3.8, 4) is 0 Å². The monoisotopic (exact) mass is 327 g/mol. The van der Waals surface area contributed by atoms with Crippen molar-refractivity contribution in [2.75, 3.05) is 33.2 Å². The fourth-order valence-electron chi connectivity index (χ4n) is 4.69. The SMILES string of the molecule is Cc1cc(C(=O)N2C[C@H]3CN(C)C[C@@]3(C)C2)c2c(C)nn(C)c2n1. The average molecular weight is 327 g/mol. The molecule has 2 aliphatic rings. The number of fused-ring (bicyclic) bond motifs is 2. The molecular weight excluding hydrogens is 302 g/mol. The molecule has 2 aromatic heterocycles. The van der Waals surface area contributed by atoms with Gasteiger partial charge < -0.3 is 9.80 Å². The van der Waals surface area contributed by atoms with Gasteiger partial charge in [-0.2, -0.15) is 5.10 Å². The van der Waals surface area contributed by atoms with E-state index < -0.39 is 0 Å². The molecule has 2 atom stereocenters. The molecule has 2 aliphatic heterocycles. The van der Waals surface area contributed by atoms with Crippen LogP contribution in [0.3, 0.4) is 0 Å². The Morgan fingerprint density at radius 1 is 1.25 bits per heavy atom. The van der Waals surface area contributed by atoms with Gasteiger partial charge in [-0.1, -0.05) is 6.92 Å². The summed E-state index contributed by atoms with van der Waals surface area (Å²) in [6.45, 7) is 10.0. The van der Waals surface area contributed by atoms with E-state index in [0.29, 0.717) is 5.92 Å². The van der Waals surface area contributed by atoms with E-state index in [2.05, 4.69) is 29.0 Å². The number of amides is 1. The first-order valence-corrected chi connectivity index (χ1v) is 8.57. The van der Waals surface area contributed by atoms with Crippen molar-refractivity contribution in [3.05, 3.63) is 23.0 Å². The summed E-state index contributed by atoms with van der Waals surface area (Å²) in [6, 6.07) is 1.92. The van der Waals surface area contributed by atoms with Crippen molar-refractivity contribution < 1.29 is 4.79 Å². The molecule has 1 amide bonds. The van der Waals surface area contributed by atoms with Crippen molar-refractivity contribution in [2.45, 2.75) is 20.8 Å². The normalized spacial score (nSPS) is 27.2. The highest BCUT2D eigenvalue weighted by molar-refractivity contribution is 6.06. The maximum atomic E-state index is 13.3. The van der Waals surface area contributed by atoms with Crippen LogP contribution in [0, 0.1) is 25.2 Å². The first kappa shape index (κ1) is 15.6. The summed E-state index contributed by atoms with van der Waals surface area (Å²) in [5, 5.41) is 5.35. The van der Waals surface area contributed by atoms with Crippen molar-refractivity contribution in [1.29, 1.82) is 0 Å². The lowest BCUT2D eigenvalue weighted by Crippen LogP contribution is -2.34. The fraction of sp³-hybridized carbons (Fsp3) is 0.611. The summed E-state index contributed by atoms with van der Waals surface area (Å²) in [5.74, 6) is 0.694. The van der Waals surface area contributed by atoms with Gasteiger partial charge in [0.15, 0.2) is 5.65 Å². The van der Waals surface area contributed by atoms with Gasteiger partial charge in [0.25, 0.3) is 5.91 Å². The van der Waals surface area contributed by atoms with Crippen molar-refractivity contribution in [2.24, 2.45) is 18.4 Å². The zero-order valence-corrected chi connectivity index (χ0v) is 15.1. The summed E-state index contributed by atoms with van der Waals surface area (Å²) in [4.78, 5) is 22.3. The molecule has 0 aliphatic carbocycles. The van der Waals surface area contributed by atoms with Gasteiger partial charge in [0.1, 0.15) is 0 Å². The predicted molar refractivity (Wildman–Crippen MR) is 93.0 cm³/mol. The second kappa shape index (κ2) is 5.02. The third-order valence-electron chi connectivity index (χ3n) is 5.76. The van der Waals surface area contributed by atoms with Crippen molar-refractivity contribution >= 4 is 16.9 Å². The van der Waals surface area contributed by atoms with Gasteiger partial charge in [-0.05, 0) is 32.9 Å². The molecule has 0 aromatic carbocycles. The molecule has 24 heavy (non-hydrogen) atoms. The quantitative estimate of drug-likeness (QED) is 0.798. The van der Waals surface area contributed by atoms with E-state index in [0.717, 1.165) is 54.2 Å². The zero-order chi connectivity index (χ0) is 17.2. The van der Waals surface area contributed by atoms with Gasteiger partial charge in [-0.15, -0.1) is 0 Å². The molecule has 6 nitrogen and oxygen atoms in total. The van der Waals surface area contributed by atoms with Gasteiger partial charge in [0.2, 0.25) is 0 Å². The number of nitrogens with zero attached hydrogens (tertiary/aromatic N) is 5. The molecule has 0 spiro atoms. The van der Waals surface area contributed by atoms with E-state index in [4.69, 9.17) is 0 Å². The molecule has 2 fully saturated rings.